The monoisotopic (exact) mass is 380 g/mol. The maximum atomic E-state index is 6.48. The molecule has 0 aliphatic carbocycles. The Morgan fingerprint density at radius 1 is 1.18 bits per heavy atom. The molecule has 0 fully saturated rings. The fourth-order valence-electron chi connectivity index (χ4n) is 3.21. The van der Waals surface area contributed by atoms with Crippen molar-refractivity contribution in [1.82, 2.24) is 10.6 Å². The predicted octanol–water partition coefficient (Wildman–Crippen LogP) is 2.26. The van der Waals surface area contributed by atoms with Crippen LogP contribution in [0.15, 0.2) is 64.6 Å². The highest BCUT2D eigenvalue weighted by atomic mass is 16.5. The lowest BCUT2D eigenvalue weighted by Gasteiger charge is -2.33. The van der Waals surface area contributed by atoms with Crippen molar-refractivity contribution in [2.75, 3.05) is 7.11 Å². The quantitative estimate of drug-likeness (QED) is 0.589. The number of nitrogens with two attached hydrogens (primary N) is 2. The summed E-state index contributed by atoms with van der Waals surface area (Å²) >= 11 is 0. The Bertz CT molecular complexity index is 851. The normalized spacial score (nSPS) is 21.4. The van der Waals surface area contributed by atoms with Gasteiger partial charge >= 0.3 is 0 Å². The van der Waals surface area contributed by atoms with E-state index in [1.807, 2.05) is 42.5 Å². The minimum absolute atomic E-state index is 0.00438. The van der Waals surface area contributed by atoms with Crippen LogP contribution in [0.3, 0.4) is 0 Å². The smallest absolute Gasteiger partial charge is 0.201 e. The van der Waals surface area contributed by atoms with Crippen LogP contribution in [0.1, 0.15) is 36.9 Å². The maximum absolute atomic E-state index is 6.48. The largest absolute Gasteiger partial charge is 0.497 e. The molecule has 148 valence electrons. The third-order valence-electron chi connectivity index (χ3n) is 4.69. The Morgan fingerprint density at radius 2 is 1.96 bits per heavy atom. The van der Waals surface area contributed by atoms with Crippen LogP contribution in [-0.4, -0.2) is 24.8 Å². The highest BCUT2D eigenvalue weighted by Gasteiger charge is 2.30. The number of aliphatic imine (C=N–C) groups is 2. The van der Waals surface area contributed by atoms with E-state index >= 15 is 0 Å². The van der Waals surface area contributed by atoms with E-state index < -0.39 is 5.79 Å². The van der Waals surface area contributed by atoms with Gasteiger partial charge in [-0.3, -0.25) is 11.1 Å². The average Bonchev–Trinajstić information content (AvgIpc) is 2.71. The summed E-state index contributed by atoms with van der Waals surface area (Å²) in [4.78, 5) is 9.15. The predicted molar refractivity (Wildman–Crippen MR) is 113 cm³/mol. The van der Waals surface area contributed by atoms with Gasteiger partial charge in [0.1, 0.15) is 5.75 Å². The van der Waals surface area contributed by atoms with Crippen LogP contribution in [0.5, 0.6) is 5.75 Å². The van der Waals surface area contributed by atoms with Gasteiger partial charge in [0.25, 0.3) is 0 Å². The standard InChI is InChI=1S/C21H28N6O/c1-3-18(16-9-5-4-6-10-16)24-20-25-19(22)26-21(23,27-20)13-12-15-8-7-11-17(14-15)28-2/h4-11,14,18H,3,12-13,23H2,1-2H3,(H4,22,24,25,26,27)/t18-,21?/m0/s1. The van der Waals surface area contributed by atoms with Crippen molar-refractivity contribution in [3.05, 3.63) is 65.7 Å². The summed E-state index contributed by atoms with van der Waals surface area (Å²) in [5.74, 6) is 0.595. The summed E-state index contributed by atoms with van der Waals surface area (Å²) in [5, 5.41) is 6.20. The Balaban J connectivity index is 1.74. The van der Waals surface area contributed by atoms with Gasteiger partial charge in [-0.25, -0.2) is 9.98 Å². The number of aryl methyl sites for hydroxylation is 1. The number of guanidine groups is 2. The molecule has 1 aliphatic heterocycles. The second kappa shape index (κ2) is 8.75. The van der Waals surface area contributed by atoms with Crippen molar-refractivity contribution in [3.63, 3.8) is 0 Å². The zero-order valence-corrected chi connectivity index (χ0v) is 16.4. The number of rotatable bonds is 7. The van der Waals surface area contributed by atoms with Gasteiger partial charge in [-0.2, -0.15) is 0 Å². The van der Waals surface area contributed by atoms with E-state index in [1.165, 1.54) is 0 Å². The molecule has 0 aromatic heterocycles. The van der Waals surface area contributed by atoms with Crippen LogP contribution in [0.4, 0.5) is 0 Å². The molecule has 7 nitrogen and oxygen atoms in total. The molecular weight excluding hydrogens is 352 g/mol. The summed E-state index contributed by atoms with van der Waals surface area (Å²) in [6.07, 6.45) is 2.14. The van der Waals surface area contributed by atoms with Crippen molar-refractivity contribution in [1.29, 1.82) is 0 Å². The maximum Gasteiger partial charge on any atom is 0.201 e. The SMILES string of the molecule is CC[C@H](N=C1NC(N)=NC(N)(CCc2cccc(OC)c2)N1)c1ccccc1. The minimum atomic E-state index is -1.02. The molecule has 2 aromatic rings. The molecule has 0 radical (unpaired) electrons. The Labute approximate surface area is 165 Å². The highest BCUT2D eigenvalue weighted by molar-refractivity contribution is 6.00. The molecule has 2 aromatic carbocycles. The van der Waals surface area contributed by atoms with Crippen LogP contribution < -0.4 is 26.8 Å². The van der Waals surface area contributed by atoms with E-state index in [0.717, 1.165) is 29.7 Å². The number of methoxy groups -OCH3 is 1. The van der Waals surface area contributed by atoms with Crippen molar-refractivity contribution in [3.8, 4) is 5.75 Å². The molecular formula is C21H28N6O. The van der Waals surface area contributed by atoms with Gasteiger partial charge in [0.2, 0.25) is 5.96 Å². The van der Waals surface area contributed by atoms with Gasteiger partial charge in [-0.15, -0.1) is 0 Å². The molecule has 1 unspecified atom stereocenters. The van der Waals surface area contributed by atoms with Crippen molar-refractivity contribution in [2.45, 2.75) is 38.0 Å². The van der Waals surface area contributed by atoms with Crippen molar-refractivity contribution < 1.29 is 4.74 Å². The van der Waals surface area contributed by atoms with Crippen molar-refractivity contribution >= 4 is 11.9 Å². The first-order chi connectivity index (χ1) is 13.5. The summed E-state index contributed by atoms with van der Waals surface area (Å²) in [7, 11) is 1.66. The number of nitrogens with one attached hydrogen (secondary N) is 2. The fourth-order valence-corrected chi connectivity index (χ4v) is 3.21. The van der Waals surface area contributed by atoms with Crippen LogP contribution in [0.2, 0.25) is 0 Å². The van der Waals surface area contributed by atoms with Gasteiger partial charge < -0.3 is 15.8 Å². The lowest BCUT2D eigenvalue weighted by Crippen LogP contribution is -2.65. The average molecular weight is 380 g/mol. The second-order valence-corrected chi connectivity index (χ2v) is 6.84. The summed E-state index contributed by atoms with van der Waals surface area (Å²) < 4.78 is 5.28. The molecule has 0 saturated carbocycles. The molecule has 28 heavy (non-hydrogen) atoms. The van der Waals surface area contributed by atoms with E-state index in [9.17, 15) is 0 Å². The van der Waals surface area contributed by atoms with E-state index in [-0.39, 0.29) is 12.0 Å². The Morgan fingerprint density at radius 3 is 2.68 bits per heavy atom. The van der Waals surface area contributed by atoms with E-state index in [1.54, 1.807) is 7.11 Å². The number of hydrogen-bond acceptors (Lipinski definition) is 5. The summed E-state index contributed by atoms with van der Waals surface area (Å²) in [5.41, 5.74) is 14.7. The van der Waals surface area contributed by atoms with E-state index in [0.29, 0.717) is 12.4 Å². The molecule has 1 heterocycles. The number of ether oxygens (including phenoxy) is 1. The fraction of sp³-hybridized carbons (Fsp3) is 0.333. The Hall–Kier alpha value is -3.06. The molecule has 0 spiro atoms. The Kier molecular flexibility index (Phi) is 6.16. The third-order valence-corrected chi connectivity index (χ3v) is 4.69. The van der Waals surface area contributed by atoms with Crippen LogP contribution >= 0.6 is 0 Å². The van der Waals surface area contributed by atoms with Crippen molar-refractivity contribution in [2.24, 2.45) is 21.5 Å². The topological polar surface area (TPSA) is 110 Å². The molecule has 3 rings (SSSR count). The zero-order chi connectivity index (χ0) is 20.0. The molecule has 2 atom stereocenters. The van der Waals surface area contributed by atoms with Gasteiger partial charge in [0.15, 0.2) is 11.7 Å². The zero-order valence-electron chi connectivity index (χ0n) is 16.4. The summed E-state index contributed by atoms with van der Waals surface area (Å²) in [6.45, 7) is 2.10. The van der Waals surface area contributed by atoms with Gasteiger partial charge in [-0.1, -0.05) is 49.4 Å². The number of hydrogen-bond donors (Lipinski definition) is 4. The first kappa shape index (κ1) is 19.7. The van der Waals surface area contributed by atoms with E-state index in [4.69, 9.17) is 21.2 Å². The van der Waals surface area contributed by atoms with Crippen LogP contribution in [0.25, 0.3) is 0 Å². The highest BCUT2D eigenvalue weighted by Crippen LogP contribution is 2.22. The van der Waals surface area contributed by atoms with Gasteiger partial charge in [-0.05, 0) is 36.1 Å². The van der Waals surface area contributed by atoms with Gasteiger partial charge in [0, 0.05) is 6.42 Å². The minimum Gasteiger partial charge on any atom is -0.497 e. The summed E-state index contributed by atoms with van der Waals surface area (Å²) in [6, 6.07) is 18.1. The molecule has 0 bridgehead atoms. The lowest BCUT2D eigenvalue weighted by atomic mass is 10.0. The first-order valence-corrected chi connectivity index (χ1v) is 9.46. The number of nitrogens with zero attached hydrogens (tertiary/aromatic N) is 2. The van der Waals surface area contributed by atoms with E-state index in [2.05, 4.69) is 34.7 Å². The first-order valence-electron chi connectivity index (χ1n) is 9.46. The third kappa shape index (κ3) is 5.01. The molecule has 0 amide bonds. The molecule has 0 saturated heterocycles. The molecule has 6 N–H and O–H groups in total. The van der Waals surface area contributed by atoms with Gasteiger partial charge in [0.05, 0.1) is 13.2 Å². The second-order valence-electron chi connectivity index (χ2n) is 6.84. The number of benzene rings is 2. The molecule has 7 heteroatoms. The lowest BCUT2D eigenvalue weighted by molar-refractivity contribution is 0.368. The van der Waals surface area contributed by atoms with Crippen LogP contribution in [0, 0.1) is 0 Å². The van der Waals surface area contributed by atoms with Crippen LogP contribution in [-0.2, 0) is 6.42 Å². The molecule has 1 aliphatic rings.